The first-order valence-electron chi connectivity index (χ1n) is 13.5. The SMILES string of the molecule is C=C(Nc1cnncc1N1CCN(C)CC1)c1cc2ccc(-c3nccc(Nc4ccc5[nH]ncc5c4)n3)cc2[nH]1. The van der Waals surface area contributed by atoms with Crippen molar-refractivity contribution in [3.63, 3.8) is 0 Å². The van der Waals surface area contributed by atoms with Crippen molar-refractivity contribution in [3.05, 3.63) is 85.6 Å². The van der Waals surface area contributed by atoms with E-state index in [0.29, 0.717) is 11.6 Å². The van der Waals surface area contributed by atoms with Crippen LogP contribution in [0.15, 0.2) is 79.9 Å². The van der Waals surface area contributed by atoms with Gasteiger partial charge in [-0.25, -0.2) is 9.97 Å². The number of aromatic amines is 2. The van der Waals surface area contributed by atoms with E-state index in [2.05, 4.69) is 82.6 Å². The maximum Gasteiger partial charge on any atom is 0.161 e. The van der Waals surface area contributed by atoms with Crippen LogP contribution < -0.4 is 15.5 Å². The summed E-state index contributed by atoms with van der Waals surface area (Å²) in [7, 11) is 2.15. The van der Waals surface area contributed by atoms with Crippen LogP contribution in [0, 0.1) is 0 Å². The Morgan fingerprint density at radius 1 is 0.902 bits per heavy atom. The minimum atomic E-state index is 0.633. The van der Waals surface area contributed by atoms with Gasteiger partial charge in [-0.05, 0) is 43.4 Å². The van der Waals surface area contributed by atoms with Crippen LogP contribution >= 0.6 is 0 Å². The summed E-state index contributed by atoms with van der Waals surface area (Å²) in [6.07, 6.45) is 7.14. The molecule has 6 aromatic rings. The van der Waals surface area contributed by atoms with Gasteiger partial charge in [0, 0.05) is 59.9 Å². The Bertz CT molecular complexity index is 1860. The van der Waals surface area contributed by atoms with Gasteiger partial charge in [0.15, 0.2) is 5.82 Å². The minimum Gasteiger partial charge on any atom is -0.366 e. The highest BCUT2D eigenvalue weighted by molar-refractivity contribution is 5.90. The summed E-state index contributed by atoms with van der Waals surface area (Å²) < 4.78 is 0. The Hall–Kier alpha value is -5.29. The Kier molecular flexibility index (Phi) is 6.25. The summed E-state index contributed by atoms with van der Waals surface area (Å²) in [6.45, 7) is 8.21. The van der Waals surface area contributed by atoms with Crippen LogP contribution in [0.2, 0.25) is 0 Å². The van der Waals surface area contributed by atoms with Gasteiger partial charge in [0.2, 0.25) is 0 Å². The van der Waals surface area contributed by atoms with E-state index in [1.54, 1.807) is 18.6 Å². The fourth-order valence-corrected chi connectivity index (χ4v) is 5.10. The predicted octanol–water partition coefficient (Wildman–Crippen LogP) is 4.87. The number of likely N-dealkylation sites (N-methyl/N-ethyl adjacent to an activating group) is 1. The van der Waals surface area contributed by atoms with Crippen molar-refractivity contribution in [2.24, 2.45) is 0 Å². The molecule has 1 aliphatic heterocycles. The summed E-state index contributed by atoms with van der Waals surface area (Å²) in [6, 6.07) is 16.1. The first kappa shape index (κ1) is 24.7. The Balaban J connectivity index is 1.10. The molecule has 2 aromatic carbocycles. The van der Waals surface area contributed by atoms with Crippen molar-refractivity contribution in [1.82, 2.24) is 40.2 Å². The number of nitrogens with zero attached hydrogens (tertiary/aromatic N) is 7. The number of hydrogen-bond donors (Lipinski definition) is 4. The maximum absolute atomic E-state index is 4.76. The van der Waals surface area contributed by atoms with E-state index < -0.39 is 0 Å². The molecule has 41 heavy (non-hydrogen) atoms. The van der Waals surface area contributed by atoms with Crippen molar-refractivity contribution >= 4 is 50.4 Å². The zero-order chi connectivity index (χ0) is 27.8. The largest absolute Gasteiger partial charge is 0.366 e. The van der Waals surface area contributed by atoms with Crippen molar-refractivity contribution < 1.29 is 0 Å². The van der Waals surface area contributed by atoms with Gasteiger partial charge in [0.05, 0.1) is 46.9 Å². The number of H-pyrrole nitrogens is 2. The van der Waals surface area contributed by atoms with Gasteiger partial charge in [0.1, 0.15) is 5.82 Å². The number of fused-ring (bicyclic) bond motifs is 2. The molecular formula is C30H29N11. The number of benzene rings is 2. The van der Waals surface area contributed by atoms with Gasteiger partial charge in [-0.3, -0.25) is 5.10 Å². The van der Waals surface area contributed by atoms with E-state index in [-0.39, 0.29) is 0 Å². The first-order chi connectivity index (χ1) is 20.1. The van der Waals surface area contributed by atoms with Crippen molar-refractivity contribution in [2.75, 3.05) is 48.8 Å². The standard InChI is InChI=1S/C30H29N11/c1-19(35-27-17-32-33-18-28(27)41-11-9-40(2)10-12-41)25-14-20-3-4-21(15-26(20)37-25)30-31-8-7-29(38-30)36-23-5-6-24-22(13-23)16-34-39-24/h3-8,13-18,37H,1,9-12H2,2H3,(H,33,35)(H,34,39)(H,31,36,38). The number of aromatic nitrogens is 7. The van der Waals surface area contributed by atoms with E-state index in [1.165, 1.54) is 0 Å². The molecule has 204 valence electrons. The molecule has 7 rings (SSSR count). The normalized spacial score (nSPS) is 14.0. The van der Waals surface area contributed by atoms with Crippen LogP contribution in [-0.4, -0.2) is 73.5 Å². The van der Waals surface area contributed by atoms with Gasteiger partial charge in [0.25, 0.3) is 0 Å². The number of hydrogen-bond acceptors (Lipinski definition) is 9. The maximum atomic E-state index is 4.76. The number of rotatable bonds is 7. The smallest absolute Gasteiger partial charge is 0.161 e. The molecule has 0 atom stereocenters. The van der Waals surface area contributed by atoms with Crippen LogP contribution in [0.4, 0.5) is 22.9 Å². The molecule has 0 radical (unpaired) electrons. The van der Waals surface area contributed by atoms with E-state index in [1.807, 2.05) is 36.5 Å². The van der Waals surface area contributed by atoms with Crippen molar-refractivity contribution in [2.45, 2.75) is 0 Å². The molecule has 4 N–H and O–H groups in total. The second-order valence-corrected chi connectivity index (χ2v) is 10.2. The van der Waals surface area contributed by atoms with Crippen LogP contribution in [0.25, 0.3) is 38.9 Å². The minimum absolute atomic E-state index is 0.633. The average Bonchev–Trinajstić information content (AvgIpc) is 3.65. The summed E-state index contributed by atoms with van der Waals surface area (Å²) in [5.41, 5.74) is 7.37. The molecule has 5 heterocycles. The summed E-state index contributed by atoms with van der Waals surface area (Å²) in [4.78, 5) is 17.4. The lowest BCUT2D eigenvalue weighted by Crippen LogP contribution is -2.44. The average molecular weight is 544 g/mol. The molecule has 0 spiro atoms. The molecule has 1 fully saturated rings. The highest BCUT2D eigenvalue weighted by atomic mass is 15.3. The molecule has 4 aromatic heterocycles. The fraction of sp³-hybridized carbons (Fsp3) is 0.167. The van der Waals surface area contributed by atoms with Gasteiger partial charge in [-0.2, -0.15) is 15.3 Å². The third-order valence-electron chi connectivity index (χ3n) is 7.41. The summed E-state index contributed by atoms with van der Waals surface area (Å²) in [5.74, 6) is 1.35. The van der Waals surface area contributed by atoms with Crippen LogP contribution in [0.1, 0.15) is 5.69 Å². The van der Waals surface area contributed by atoms with E-state index in [9.17, 15) is 0 Å². The van der Waals surface area contributed by atoms with Gasteiger partial charge >= 0.3 is 0 Å². The molecule has 1 saturated heterocycles. The number of nitrogens with one attached hydrogen (secondary N) is 4. The molecule has 0 aliphatic carbocycles. The first-order valence-corrected chi connectivity index (χ1v) is 13.5. The van der Waals surface area contributed by atoms with E-state index in [0.717, 1.165) is 82.0 Å². The zero-order valence-corrected chi connectivity index (χ0v) is 22.6. The Morgan fingerprint density at radius 2 is 1.78 bits per heavy atom. The molecule has 11 nitrogen and oxygen atoms in total. The monoisotopic (exact) mass is 543 g/mol. The highest BCUT2D eigenvalue weighted by Gasteiger charge is 2.18. The Labute approximate surface area is 236 Å². The third-order valence-corrected chi connectivity index (χ3v) is 7.41. The summed E-state index contributed by atoms with van der Waals surface area (Å²) >= 11 is 0. The topological polar surface area (TPSA) is 127 Å². The third kappa shape index (κ3) is 5.06. The second kappa shape index (κ2) is 10.4. The number of anilines is 4. The van der Waals surface area contributed by atoms with Crippen LogP contribution in [-0.2, 0) is 0 Å². The van der Waals surface area contributed by atoms with E-state index in [4.69, 9.17) is 4.98 Å². The molecule has 1 aliphatic rings. The van der Waals surface area contributed by atoms with E-state index >= 15 is 0 Å². The molecule has 0 saturated carbocycles. The van der Waals surface area contributed by atoms with Crippen molar-refractivity contribution in [3.8, 4) is 11.4 Å². The van der Waals surface area contributed by atoms with Crippen LogP contribution in [0.3, 0.4) is 0 Å². The van der Waals surface area contributed by atoms with Gasteiger partial charge in [-0.1, -0.05) is 18.7 Å². The van der Waals surface area contributed by atoms with Gasteiger partial charge in [-0.15, -0.1) is 0 Å². The summed E-state index contributed by atoms with van der Waals surface area (Å²) in [5, 5.41) is 24.2. The fourth-order valence-electron chi connectivity index (χ4n) is 5.10. The molecular weight excluding hydrogens is 514 g/mol. The lowest BCUT2D eigenvalue weighted by Gasteiger charge is -2.34. The lowest BCUT2D eigenvalue weighted by atomic mass is 10.1. The van der Waals surface area contributed by atoms with Crippen LogP contribution in [0.5, 0.6) is 0 Å². The molecule has 11 heteroatoms. The lowest BCUT2D eigenvalue weighted by molar-refractivity contribution is 0.313. The Morgan fingerprint density at radius 3 is 2.68 bits per heavy atom. The van der Waals surface area contributed by atoms with Crippen molar-refractivity contribution in [1.29, 1.82) is 0 Å². The highest BCUT2D eigenvalue weighted by Crippen LogP contribution is 2.30. The van der Waals surface area contributed by atoms with Gasteiger partial charge < -0.3 is 25.4 Å². The molecule has 0 unspecified atom stereocenters. The second-order valence-electron chi connectivity index (χ2n) is 10.2. The quantitative estimate of drug-likeness (QED) is 0.223. The molecule has 0 bridgehead atoms. The molecule has 0 amide bonds. The zero-order valence-electron chi connectivity index (χ0n) is 22.6. The predicted molar refractivity (Wildman–Crippen MR) is 163 cm³/mol. The number of piperazine rings is 1.